The highest BCUT2D eigenvalue weighted by molar-refractivity contribution is 5.66. The summed E-state index contributed by atoms with van der Waals surface area (Å²) in [4.78, 5) is 43.8. The number of aliphatic hydroxyl groups is 6. The maximum absolute atomic E-state index is 11.9. The van der Waals surface area contributed by atoms with E-state index in [1.54, 1.807) is 14.1 Å². The second kappa shape index (κ2) is 12.1. The molecule has 3 aromatic heterocycles. The van der Waals surface area contributed by atoms with Crippen molar-refractivity contribution < 1.29 is 44.7 Å². The van der Waals surface area contributed by atoms with Gasteiger partial charge < -0.3 is 51.2 Å². The minimum Gasteiger partial charge on any atom is -0.394 e. The maximum atomic E-state index is 11.9. The third-order valence-electron chi connectivity index (χ3n) is 6.78. The molecule has 0 bridgehead atoms. The van der Waals surface area contributed by atoms with Gasteiger partial charge in [-0.3, -0.25) is 24.1 Å². The molecule has 0 saturated carbocycles. The predicted octanol–water partition coefficient (Wildman–Crippen LogP) is -6.39. The van der Waals surface area contributed by atoms with Crippen molar-refractivity contribution in [3.8, 4) is 0 Å². The van der Waals surface area contributed by atoms with Crippen LogP contribution in [0, 0.1) is 0 Å². The Bertz CT molecular complexity index is 1550. The fraction of sp³-hybridized carbons (Fsp3) is 0.591. The molecule has 5 heterocycles. The van der Waals surface area contributed by atoms with Crippen LogP contribution in [0.1, 0.15) is 18.0 Å². The minimum absolute atomic E-state index is 0.0702. The lowest BCUT2D eigenvalue weighted by molar-refractivity contribution is -0.646. The number of H-pyrrole nitrogens is 2. The Balaban J connectivity index is 0.000000189. The largest absolute Gasteiger partial charge is 0.394 e. The SMILES string of the molecule is CNCc1cn([C@@H]2O[C@H](CO)[C@@H](O)[C@H]2O)c(=O)[nH]c1=O.C[n+]1cn([C@@H]2O[C@H](CO)[C@@H](O)[C@H]2O)c2nc(N)[nH]c(=O)c21. The van der Waals surface area contributed by atoms with E-state index in [9.17, 15) is 34.8 Å². The summed E-state index contributed by atoms with van der Waals surface area (Å²) in [6.07, 6.45) is -6.45. The molecule has 0 aromatic carbocycles. The Morgan fingerprint density at radius 2 is 1.51 bits per heavy atom. The second-order valence-electron chi connectivity index (χ2n) is 9.57. The second-order valence-corrected chi connectivity index (χ2v) is 9.57. The monoisotopic (exact) mass is 585 g/mol. The number of aromatic amines is 2. The van der Waals surface area contributed by atoms with E-state index in [1.165, 1.54) is 21.7 Å². The van der Waals surface area contributed by atoms with Crippen molar-refractivity contribution in [1.82, 2.24) is 29.4 Å². The van der Waals surface area contributed by atoms with Crippen molar-refractivity contribution >= 4 is 17.1 Å². The summed E-state index contributed by atoms with van der Waals surface area (Å²) < 4.78 is 14.6. The summed E-state index contributed by atoms with van der Waals surface area (Å²) in [7, 11) is 3.27. The van der Waals surface area contributed by atoms with Gasteiger partial charge in [0.05, 0.1) is 20.3 Å². The van der Waals surface area contributed by atoms with Crippen LogP contribution in [0.25, 0.3) is 11.2 Å². The fourth-order valence-electron chi connectivity index (χ4n) is 4.71. The predicted molar refractivity (Wildman–Crippen MR) is 136 cm³/mol. The molecule has 0 radical (unpaired) electrons. The number of aromatic nitrogens is 6. The zero-order valence-corrected chi connectivity index (χ0v) is 22.0. The highest BCUT2D eigenvalue weighted by atomic mass is 16.6. The molecule has 19 nitrogen and oxygen atoms in total. The van der Waals surface area contributed by atoms with Crippen LogP contribution in [0.4, 0.5) is 5.95 Å². The van der Waals surface area contributed by atoms with Gasteiger partial charge in [-0.15, -0.1) is 0 Å². The number of imidazole rings is 1. The van der Waals surface area contributed by atoms with Gasteiger partial charge in [-0.25, -0.2) is 9.36 Å². The molecular weight excluding hydrogens is 552 g/mol. The quantitative estimate of drug-likeness (QED) is 0.120. The van der Waals surface area contributed by atoms with Crippen molar-refractivity contribution in [3.05, 3.63) is 49.3 Å². The highest BCUT2D eigenvalue weighted by Gasteiger charge is 2.47. The smallest absolute Gasteiger partial charge is 0.330 e. The van der Waals surface area contributed by atoms with Crippen molar-refractivity contribution in [1.29, 1.82) is 0 Å². The molecule has 0 aliphatic carbocycles. The highest BCUT2D eigenvalue weighted by Crippen LogP contribution is 2.30. The molecule has 2 aliphatic rings. The van der Waals surface area contributed by atoms with Gasteiger partial charge in [0.25, 0.3) is 16.7 Å². The normalized spacial score (nSPS) is 29.6. The third-order valence-corrected chi connectivity index (χ3v) is 6.78. The average Bonchev–Trinajstić information content (AvgIpc) is 3.51. The van der Waals surface area contributed by atoms with E-state index in [0.717, 1.165) is 4.57 Å². The average molecular weight is 586 g/mol. The summed E-state index contributed by atoms with van der Waals surface area (Å²) in [5.74, 6) is -0.0702. The molecular formula is C22H33N8O11+. The van der Waals surface area contributed by atoms with Gasteiger partial charge in [-0.05, 0) is 7.05 Å². The van der Waals surface area contributed by atoms with E-state index in [2.05, 4.69) is 20.3 Å². The van der Waals surface area contributed by atoms with E-state index in [1.807, 2.05) is 0 Å². The molecule has 0 spiro atoms. The Morgan fingerprint density at radius 1 is 0.951 bits per heavy atom. The summed E-state index contributed by atoms with van der Waals surface area (Å²) in [6, 6.07) is 0. The third kappa shape index (κ3) is 5.66. The van der Waals surface area contributed by atoms with Crippen LogP contribution in [-0.2, 0) is 23.1 Å². The van der Waals surface area contributed by atoms with Crippen LogP contribution in [0.2, 0.25) is 0 Å². The number of hydrogen-bond donors (Lipinski definition) is 10. The first-order valence-electron chi connectivity index (χ1n) is 12.4. The maximum Gasteiger partial charge on any atom is 0.330 e. The van der Waals surface area contributed by atoms with Gasteiger partial charge in [0, 0.05) is 18.3 Å². The summed E-state index contributed by atoms with van der Waals surface area (Å²) in [6.45, 7) is -0.698. The Morgan fingerprint density at radius 3 is 2.02 bits per heavy atom. The van der Waals surface area contributed by atoms with Gasteiger partial charge >= 0.3 is 11.2 Å². The first-order chi connectivity index (χ1) is 19.4. The number of fused-ring (bicyclic) bond motifs is 1. The molecule has 8 atom stereocenters. The number of anilines is 1. The molecule has 2 fully saturated rings. The number of aryl methyl sites for hydroxylation is 1. The van der Waals surface area contributed by atoms with E-state index < -0.39 is 79.1 Å². The van der Waals surface area contributed by atoms with Crippen LogP contribution in [0.5, 0.6) is 0 Å². The summed E-state index contributed by atoms with van der Waals surface area (Å²) in [5.41, 5.74) is 4.57. The lowest BCUT2D eigenvalue weighted by Crippen LogP contribution is -2.39. The number of nitrogens with one attached hydrogen (secondary N) is 3. The molecule has 11 N–H and O–H groups in total. The lowest BCUT2D eigenvalue weighted by atomic mass is 10.1. The first-order valence-corrected chi connectivity index (χ1v) is 12.4. The van der Waals surface area contributed by atoms with Gasteiger partial charge in [-0.1, -0.05) is 0 Å². The molecule has 3 aromatic rings. The molecule has 0 unspecified atom stereocenters. The number of nitrogen functional groups attached to an aromatic ring is 1. The fourth-order valence-corrected chi connectivity index (χ4v) is 4.71. The zero-order valence-electron chi connectivity index (χ0n) is 22.0. The van der Waals surface area contributed by atoms with Crippen molar-refractivity contribution in [2.75, 3.05) is 26.0 Å². The Labute approximate surface area is 229 Å². The number of ether oxygens (including phenoxy) is 2. The molecule has 2 aliphatic heterocycles. The molecule has 5 rings (SSSR count). The van der Waals surface area contributed by atoms with E-state index in [0.29, 0.717) is 0 Å². The number of aliphatic hydroxyl groups excluding tert-OH is 6. The van der Waals surface area contributed by atoms with Crippen molar-refractivity contribution in [2.45, 2.75) is 55.6 Å². The van der Waals surface area contributed by atoms with Crippen molar-refractivity contribution in [2.24, 2.45) is 7.05 Å². The summed E-state index contributed by atoms with van der Waals surface area (Å²) in [5, 5.41) is 60.3. The lowest BCUT2D eigenvalue weighted by Gasteiger charge is -2.17. The number of rotatable bonds is 6. The summed E-state index contributed by atoms with van der Waals surface area (Å²) >= 11 is 0. The van der Waals surface area contributed by atoms with Crippen LogP contribution in [0.15, 0.2) is 26.9 Å². The number of nitrogens with zero attached hydrogens (tertiary/aromatic N) is 4. The van der Waals surface area contributed by atoms with Gasteiger partial charge in [0.1, 0.15) is 36.6 Å². The van der Waals surface area contributed by atoms with E-state index in [-0.39, 0.29) is 29.2 Å². The van der Waals surface area contributed by atoms with Crippen molar-refractivity contribution in [3.63, 3.8) is 0 Å². The van der Waals surface area contributed by atoms with Crippen LogP contribution >= 0.6 is 0 Å². The first kappa shape index (κ1) is 30.4. The Kier molecular flexibility index (Phi) is 9.01. The topological polar surface area (TPSA) is 287 Å². The van der Waals surface area contributed by atoms with Gasteiger partial charge in [-0.2, -0.15) is 9.55 Å². The molecule has 226 valence electrons. The van der Waals surface area contributed by atoms with Gasteiger partial charge in [0.2, 0.25) is 18.5 Å². The minimum atomic E-state index is -1.38. The van der Waals surface area contributed by atoms with Crippen LogP contribution in [-0.4, -0.2) is 112 Å². The molecule has 41 heavy (non-hydrogen) atoms. The molecule has 2 saturated heterocycles. The molecule has 0 amide bonds. The molecule has 19 heteroatoms. The Hall–Kier alpha value is -3.53. The zero-order chi connectivity index (χ0) is 30.2. The number of nitrogens with two attached hydrogens (primary N) is 1. The standard InChI is InChI=1S/C11H15N5O5.C11H17N3O6/c1-15-3-16(8-5(15)9(20)14-11(12)13-8)10-7(19)6(18)4(2-17)21-10;1-12-2-5-3-14(11(19)13-9(5)18)10-8(17)7(16)6(4-15)20-10/h3-4,6-7,10,17-19H,2H2,1H3,(H2-,12,13,14,20);3,6-8,10,12,15-17H,2,4H2,1H3,(H,13,18,19)/p+1/t4-,6-,7-,10-;6-,7-,8-,10-/m11/s1. The van der Waals surface area contributed by atoms with Crippen LogP contribution < -0.4 is 32.4 Å². The van der Waals surface area contributed by atoms with E-state index >= 15 is 0 Å². The van der Waals surface area contributed by atoms with E-state index in [4.69, 9.17) is 25.4 Å². The van der Waals surface area contributed by atoms with Gasteiger partial charge in [0.15, 0.2) is 6.23 Å². The van der Waals surface area contributed by atoms with Crippen LogP contribution in [0.3, 0.4) is 0 Å². The number of hydrogen-bond acceptors (Lipinski definition) is 14.